The number of halogens is 2. The molecule has 210 valence electrons. The highest BCUT2D eigenvalue weighted by Crippen LogP contribution is 2.28. The summed E-state index contributed by atoms with van der Waals surface area (Å²) in [7, 11) is 1.57. The van der Waals surface area contributed by atoms with Crippen molar-refractivity contribution in [3.63, 3.8) is 0 Å². The van der Waals surface area contributed by atoms with Crippen LogP contribution < -0.4 is 15.8 Å². The van der Waals surface area contributed by atoms with Crippen LogP contribution in [0.1, 0.15) is 45.8 Å². The predicted molar refractivity (Wildman–Crippen MR) is 155 cm³/mol. The number of nitrogens with one attached hydrogen (secondary N) is 1. The van der Waals surface area contributed by atoms with Crippen molar-refractivity contribution in [1.82, 2.24) is 19.8 Å². The summed E-state index contributed by atoms with van der Waals surface area (Å²) in [6.07, 6.45) is 0.352. The third kappa shape index (κ3) is 5.46. The molecule has 2 aromatic carbocycles. The van der Waals surface area contributed by atoms with Crippen LogP contribution in [-0.2, 0) is 17.7 Å². The molecule has 1 fully saturated rings. The number of nitrogens with zero attached hydrogens (tertiary/aromatic N) is 4. The van der Waals surface area contributed by atoms with Crippen molar-refractivity contribution >= 4 is 41.0 Å². The number of amides is 2. The maximum Gasteiger partial charge on any atom is 0.263 e. The Morgan fingerprint density at radius 1 is 1.05 bits per heavy atom. The van der Waals surface area contributed by atoms with Crippen LogP contribution in [0.4, 0.5) is 5.95 Å². The van der Waals surface area contributed by atoms with Crippen LogP contribution in [0.3, 0.4) is 0 Å². The molecule has 11 heteroatoms. The van der Waals surface area contributed by atoms with Crippen LogP contribution in [0.5, 0.6) is 0 Å². The molecule has 0 radical (unpaired) electrons. The number of hydrogen-bond donors (Lipinski definition) is 1. The van der Waals surface area contributed by atoms with E-state index in [4.69, 9.17) is 32.9 Å². The van der Waals surface area contributed by atoms with Gasteiger partial charge in [-0.05, 0) is 61.7 Å². The molecule has 1 N–H and O–H groups in total. The Bertz CT molecular complexity index is 1510. The summed E-state index contributed by atoms with van der Waals surface area (Å²) in [4.78, 5) is 48.6. The van der Waals surface area contributed by atoms with Gasteiger partial charge in [0.15, 0.2) is 0 Å². The van der Waals surface area contributed by atoms with E-state index in [9.17, 15) is 14.4 Å². The van der Waals surface area contributed by atoms with Gasteiger partial charge < -0.3 is 19.9 Å². The Balaban J connectivity index is 1.59. The molecule has 3 heterocycles. The van der Waals surface area contributed by atoms with Crippen molar-refractivity contribution in [2.45, 2.75) is 32.9 Å². The Kier molecular flexibility index (Phi) is 8.16. The fourth-order valence-electron chi connectivity index (χ4n) is 5.23. The molecule has 2 aliphatic rings. The van der Waals surface area contributed by atoms with Gasteiger partial charge in [0.2, 0.25) is 5.95 Å². The lowest BCUT2D eigenvalue weighted by molar-refractivity contribution is 0.0653. The summed E-state index contributed by atoms with van der Waals surface area (Å²) in [5, 5.41) is 3.30. The third-order valence-corrected chi connectivity index (χ3v) is 8.10. The topological polar surface area (TPSA) is 96.8 Å². The van der Waals surface area contributed by atoms with Crippen LogP contribution in [0.2, 0.25) is 10.0 Å². The van der Waals surface area contributed by atoms with Gasteiger partial charge in [-0.3, -0.25) is 14.4 Å². The molecule has 1 saturated heterocycles. The van der Waals surface area contributed by atoms with E-state index >= 15 is 0 Å². The second-order valence-electron chi connectivity index (χ2n) is 10.3. The van der Waals surface area contributed by atoms with E-state index in [1.54, 1.807) is 59.0 Å². The van der Waals surface area contributed by atoms with Crippen LogP contribution in [0.25, 0.3) is 5.69 Å². The molecule has 1 unspecified atom stereocenters. The van der Waals surface area contributed by atoms with E-state index in [0.29, 0.717) is 76.8 Å². The summed E-state index contributed by atoms with van der Waals surface area (Å²) < 4.78 is 7.38. The van der Waals surface area contributed by atoms with Gasteiger partial charge in [0.25, 0.3) is 17.4 Å². The van der Waals surface area contributed by atoms with Gasteiger partial charge in [-0.15, -0.1) is 0 Å². The van der Waals surface area contributed by atoms with E-state index in [0.717, 1.165) is 0 Å². The van der Waals surface area contributed by atoms with Gasteiger partial charge in [0.1, 0.15) is 0 Å². The first kappa shape index (κ1) is 28.1. The van der Waals surface area contributed by atoms with Crippen molar-refractivity contribution in [2.24, 2.45) is 5.92 Å². The average Bonchev–Trinajstić information content (AvgIpc) is 3.18. The summed E-state index contributed by atoms with van der Waals surface area (Å²) >= 11 is 12.2. The molecule has 0 bridgehead atoms. The zero-order valence-corrected chi connectivity index (χ0v) is 24.1. The van der Waals surface area contributed by atoms with Gasteiger partial charge in [0, 0.05) is 42.9 Å². The SMILES string of the molecule is CNC(=O)c1ccc(-n2c(N3CCOCC(C)C3)nc3c(c2=O)C[C@@H](C)N(C(=O)c2ccc(Cl)c(Cl)c2)C3)cc1. The molecule has 40 heavy (non-hydrogen) atoms. The van der Waals surface area contributed by atoms with Crippen LogP contribution in [0.15, 0.2) is 47.3 Å². The maximum absolute atomic E-state index is 14.1. The molecule has 9 nitrogen and oxygen atoms in total. The lowest BCUT2D eigenvalue weighted by Crippen LogP contribution is -2.47. The van der Waals surface area contributed by atoms with E-state index in [1.165, 1.54) is 0 Å². The first-order valence-corrected chi connectivity index (χ1v) is 14.0. The van der Waals surface area contributed by atoms with E-state index in [1.807, 2.05) is 6.92 Å². The molecule has 2 amide bonds. The molecule has 3 aromatic rings. The highest BCUT2D eigenvalue weighted by atomic mass is 35.5. The van der Waals surface area contributed by atoms with Crippen molar-refractivity contribution in [1.29, 1.82) is 0 Å². The summed E-state index contributed by atoms with van der Waals surface area (Å²) in [5.41, 5.74) is 2.50. The molecule has 2 atom stereocenters. The average molecular weight is 585 g/mol. The van der Waals surface area contributed by atoms with Gasteiger partial charge in [-0.1, -0.05) is 30.1 Å². The summed E-state index contributed by atoms with van der Waals surface area (Å²) in [6.45, 7) is 6.55. The number of benzene rings is 2. The highest BCUT2D eigenvalue weighted by Gasteiger charge is 2.33. The number of carbonyl (C=O) groups is 2. The lowest BCUT2D eigenvalue weighted by atomic mass is 9.98. The largest absolute Gasteiger partial charge is 0.379 e. The first-order valence-electron chi connectivity index (χ1n) is 13.2. The van der Waals surface area contributed by atoms with Gasteiger partial charge >= 0.3 is 0 Å². The minimum Gasteiger partial charge on any atom is -0.379 e. The number of ether oxygens (including phenoxy) is 1. The molecule has 1 aromatic heterocycles. The van der Waals surface area contributed by atoms with Crippen molar-refractivity contribution in [3.05, 3.63) is 85.2 Å². The zero-order valence-electron chi connectivity index (χ0n) is 22.6. The normalized spacial score (nSPS) is 19.1. The van der Waals surface area contributed by atoms with Gasteiger partial charge in [-0.2, -0.15) is 0 Å². The highest BCUT2D eigenvalue weighted by molar-refractivity contribution is 6.42. The molecule has 2 aliphatic heterocycles. The minimum atomic E-state index is -0.245. The van der Waals surface area contributed by atoms with Crippen LogP contribution >= 0.6 is 23.2 Å². The molecule has 0 saturated carbocycles. The Morgan fingerprint density at radius 2 is 1.77 bits per heavy atom. The van der Waals surface area contributed by atoms with Crippen molar-refractivity contribution < 1.29 is 14.3 Å². The first-order chi connectivity index (χ1) is 19.2. The van der Waals surface area contributed by atoms with Gasteiger partial charge in [0.05, 0.1) is 41.2 Å². The number of fused-ring (bicyclic) bond motifs is 1. The zero-order chi connectivity index (χ0) is 28.6. The predicted octanol–water partition coefficient (Wildman–Crippen LogP) is 3.96. The van der Waals surface area contributed by atoms with Crippen molar-refractivity contribution in [2.75, 3.05) is 38.3 Å². The number of carbonyl (C=O) groups excluding carboxylic acids is 2. The van der Waals surface area contributed by atoms with Gasteiger partial charge in [-0.25, -0.2) is 9.55 Å². The number of hydrogen-bond acceptors (Lipinski definition) is 6. The molecule has 5 rings (SSSR count). The minimum absolute atomic E-state index is 0.181. The van der Waals surface area contributed by atoms with Crippen LogP contribution in [0, 0.1) is 5.92 Å². The standard InChI is InChI=1S/C29H31Cl2N5O4/c1-17-14-34(10-11-40-16-17)29-33-25-15-35(27(38)20-6-9-23(30)24(31)13-20)18(2)12-22(25)28(39)36(29)21-7-4-19(5-8-21)26(37)32-3/h4-9,13,17-18H,10-12,14-16H2,1-3H3,(H,32,37)/t17?,18-/m1/s1. The number of rotatable bonds is 4. The second kappa shape index (κ2) is 11.6. The van der Waals surface area contributed by atoms with E-state index < -0.39 is 0 Å². The smallest absolute Gasteiger partial charge is 0.263 e. The number of anilines is 1. The van der Waals surface area contributed by atoms with E-state index in [-0.39, 0.29) is 35.9 Å². The lowest BCUT2D eigenvalue weighted by Gasteiger charge is -2.35. The second-order valence-corrected chi connectivity index (χ2v) is 11.2. The quantitative estimate of drug-likeness (QED) is 0.499. The van der Waals surface area contributed by atoms with Crippen LogP contribution in [-0.4, -0.2) is 65.7 Å². The third-order valence-electron chi connectivity index (χ3n) is 7.36. The Labute approximate surface area is 242 Å². The monoisotopic (exact) mass is 583 g/mol. The van der Waals surface area contributed by atoms with Crippen molar-refractivity contribution in [3.8, 4) is 5.69 Å². The molecular formula is C29H31Cl2N5O4. The fraction of sp³-hybridized carbons (Fsp3) is 0.379. The van der Waals surface area contributed by atoms with E-state index in [2.05, 4.69) is 17.1 Å². The summed E-state index contributed by atoms with van der Waals surface area (Å²) in [6, 6.07) is 11.5. The summed E-state index contributed by atoms with van der Waals surface area (Å²) in [5.74, 6) is 0.310. The Morgan fingerprint density at radius 3 is 2.48 bits per heavy atom. The fourth-order valence-corrected chi connectivity index (χ4v) is 5.52. The number of aromatic nitrogens is 2. The molecule has 0 aliphatic carbocycles. The Hall–Kier alpha value is -3.40. The maximum atomic E-state index is 14.1. The molecule has 0 spiro atoms. The molecular weight excluding hydrogens is 553 g/mol.